The minimum absolute atomic E-state index is 0.231. The van der Waals surface area contributed by atoms with E-state index in [0.717, 1.165) is 18.2 Å². The summed E-state index contributed by atoms with van der Waals surface area (Å²) in [7, 11) is 1.47. The van der Waals surface area contributed by atoms with Crippen molar-refractivity contribution in [3.8, 4) is 0 Å². The Bertz CT molecular complexity index is 503. The molecule has 0 aliphatic carbocycles. The summed E-state index contributed by atoms with van der Waals surface area (Å²) >= 11 is 0. The monoisotopic (exact) mass is 270 g/mol. The number of hydrogen-bond donors (Lipinski definition) is 1. The lowest BCUT2D eigenvalue weighted by molar-refractivity contribution is -0.384. The highest BCUT2D eigenvalue weighted by atomic mass is 19.1. The van der Waals surface area contributed by atoms with Gasteiger partial charge in [0.05, 0.1) is 22.6 Å². The maximum atomic E-state index is 13.5. The van der Waals surface area contributed by atoms with E-state index in [1.165, 1.54) is 7.11 Å². The zero-order valence-corrected chi connectivity index (χ0v) is 10.9. The van der Waals surface area contributed by atoms with E-state index in [1.807, 2.05) is 0 Å². The van der Waals surface area contributed by atoms with Gasteiger partial charge in [0.1, 0.15) is 5.82 Å². The van der Waals surface area contributed by atoms with Gasteiger partial charge in [-0.15, -0.1) is 0 Å². The Hall–Kier alpha value is -2.02. The van der Waals surface area contributed by atoms with E-state index in [-0.39, 0.29) is 17.9 Å². The molecule has 0 bridgehead atoms. The van der Waals surface area contributed by atoms with Gasteiger partial charge in [-0.2, -0.15) is 0 Å². The fraction of sp³-hybridized carbons (Fsp3) is 0.417. The minimum Gasteiger partial charge on any atom is -0.382 e. The number of nitro groups is 1. The van der Waals surface area contributed by atoms with Crippen LogP contribution in [0.5, 0.6) is 0 Å². The third kappa shape index (κ3) is 3.99. The molecule has 0 fully saturated rings. The molecular weight excluding hydrogens is 255 g/mol. The zero-order chi connectivity index (χ0) is 14.6. The van der Waals surface area contributed by atoms with Crippen LogP contribution in [0.2, 0.25) is 0 Å². The Morgan fingerprint density at radius 3 is 2.68 bits per heavy atom. The van der Waals surface area contributed by atoms with Crippen molar-refractivity contribution in [1.29, 1.82) is 0 Å². The Kier molecular flexibility index (Phi) is 4.55. The highest BCUT2D eigenvalue weighted by Gasteiger charge is 2.24. The third-order valence-electron chi connectivity index (χ3n) is 2.36. The van der Waals surface area contributed by atoms with Crippen molar-refractivity contribution in [1.82, 2.24) is 5.32 Å². The van der Waals surface area contributed by atoms with Gasteiger partial charge in [-0.05, 0) is 19.9 Å². The van der Waals surface area contributed by atoms with E-state index < -0.39 is 22.2 Å². The summed E-state index contributed by atoms with van der Waals surface area (Å²) in [6, 6.07) is 2.82. The van der Waals surface area contributed by atoms with Gasteiger partial charge in [0, 0.05) is 19.2 Å². The Labute approximate surface area is 109 Å². The summed E-state index contributed by atoms with van der Waals surface area (Å²) in [5.41, 5.74) is -1.41. The molecular formula is C12H15FN2O4. The molecule has 1 N–H and O–H groups in total. The molecule has 0 saturated carbocycles. The van der Waals surface area contributed by atoms with Crippen LogP contribution in [0.25, 0.3) is 0 Å². The van der Waals surface area contributed by atoms with Crippen molar-refractivity contribution in [3.63, 3.8) is 0 Å². The van der Waals surface area contributed by atoms with Gasteiger partial charge in [0.2, 0.25) is 0 Å². The highest BCUT2D eigenvalue weighted by Crippen LogP contribution is 2.17. The number of carbonyl (C=O) groups is 1. The molecule has 1 aromatic carbocycles. The van der Waals surface area contributed by atoms with E-state index >= 15 is 0 Å². The van der Waals surface area contributed by atoms with Crippen LogP contribution in [0.1, 0.15) is 24.2 Å². The summed E-state index contributed by atoms with van der Waals surface area (Å²) in [5, 5.41) is 13.2. The van der Waals surface area contributed by atoms with Crippen molar-refractivity contribution in [2.24, 2.45) is 0 Å². The van der Waals surface area contributed by atoms with Crippen molar-refractivity contribution in [2.75, 3.05) is 13.7 Å². The second kappa shape index (κ2) is 5.75. The average molecular weight is 270 g/mol. The maximum Gasteiger partial charge on any atom is 0.270 e. The van der Waals surface area contributed by atoms with Gasteiger partial charge in [0.25, 0.3) is 11.6 Å². The van der Waals surface area contributed by atoms with Crippen LogP contribution in [-0.2, 0) is 4.74 Å². The average Bonchev–Trinajstić information content (AvgIpc) is 2.28. The summed E-state index contributed by atoms with van der Waals surface area (Å²) in [4.78, 5) is 21.8. The van der Waals surface area contributed by atoms with Crippen molar-refractivity contribution in [2.45, 2.75) is 19.4 Å². The first-order valence-corrected chi connectivity index (χ1v) is 5.52. The highest BCUT2D eigenvalue weighted by molar-refractivity contribution is 5.95. The van der Waals surface area contributed by atoms with E-state index in [2.05, 4.69) is 5.32 Å². The number of methoxy groups -OCH3 is 1. The topological polar surface area (TPSA) is 81.5 Å². The number of benzene rings is 1. The van der Waals surface area contributed by atoms with Gasteiger partial charge in [-0.25, -0.2) is 4.39 Å². The zero-order valence-electron chi connectivity index (χ0n) is 10.9. The third-order valence-corrected chi connectivity index (χ3v) is 2.36. The number of carbonyl (C=O) groups excluding carboxylic acids is 1. The Morgan fingerprint density at radius 1 is 1.53 bits per heavy atom. The van der Waals surface area contributed by atoms with Gasteiger partial charge in [-0.1, -0.05) is 0 Å². The first kappa shape index (κ1) is 15.0. The molecule has 19 heavy (non-hydrogen) atoms. The number of nitro benzene ring substituents is 1. The minimum atomic E-state index is -0.809. The largest absolute Gasteiger partial charge is 0.382 e. The molecule has 0 aromatic heterocycles. The maximum absolute atomic E-state index is 13.5. The van der Waals surface area contributed by atoms with Crippen molar-refractivity contribution >= 4 is 11.6 Å². The molecule has 104 valence electrons. The molecule has 1 rings (SSSR count). The lowest BCUT2D eigenvalue weighted by Gasteiger charge is -2.25. The van der Waals surface area contributed by atoms with Crippen LogP contribution in [0.15, 0.2) is 18.2 Å². The van der Waals surface area contributed by atoms with E-state index in [1.54, 1.807) is 13.8 Å². The molecule has 0 heterocycles. The predicted octanol–water partition coefficient (Wildman–Crippen LogP) is 1.89. The molecule has 0 aliphatic rings. The quantitative estimate of drug-likeness (QED) is 0.654. The molecule has 0 spiro atoms. The first-order valence-electron chi connectivity index (χ1n) is 5.52. The second-order valence-electron chi connectivity index (χ2n) is 4.69. The van der Waals surface area contributed by atoms with E-state index in [4.69, 9.17) is 4.74 Å². The molecule has 6 nitrogen and oxygen atoms in total. The van der Waals surface area contributed by atoms with Crippen LogP contribution >= 0.6 is 0 Å². The van der Waals surface area contributed by atoms with Crippen molar-refractivity contribution < 1.29 is 18.8 Å². The summed E-state index contributed by atoms with van der Waals surface area (Å²) < 4.78 is 18.4. The van der Waals surface area contributed by atoms with Gasteiger partial charge >= 0.3 is 0 Å². The van der Waals surface area contributed by atoms with Gasteiger partial charge < -0.3 is 10.1 Å². The smallest absolute Gasteiger partial charge is 0.270 e. The second-order valence-corrected chi connectivity index (χ2v) is 4.69. The lowest BCUT2D eigenvalue weighted by Crippen LogP contribution is -2.47. The normalized spacial score (nSPS) is 11.2. The summed E-state index contributed by atoms with van der Waals surface area (Å²) in [6.45, 7) is 3.63. The number of rotatable bonds is 5. The van der Waals surface area contributed by atoms with Crippen molar-refractivity contribution in [3.05, 3.63) is 39.7 Å². The predicted molar refractivity (Wildman–Crippen MR) is 66.5 cm³/mol. The van der Waals surface area contributed by atoms with Crippen LogP contribution in [-0.4, -0.2) is 30.1 Å². The molecule has 0 saturated heterocycles. The standard InChI is InChI=1S/C12H15FN2O4/c1-12(2,7-19-3)14-11(16)9-6-8(15(17)18)4-5-10(9)13/h4-6H,7H2,1-3H3,(H,14,16). The molecule has 7 heteroatoms. The van der Waals surface area contributed by atoms with Crippen LogP contribution in [0.3, 0.4) is 0 Å². The molecule has 0 unspecified atom stereocenters. The number of hydrogen-bond acceptors (Lipinski definition) is 4. The number of non-ortho nitro benzene ring substituents is 1. The number of ether oxygens (including phenoxy) is 1. The number of nitrogens with one attached hydrogen (secondary N) is 1. The molecule has 0 radical (unpaired) electrons. The SMILES string of the molecule is COCC(C)(C)NC(=O)c1cc([N+](=O)[O-])ccc1F. The van der Waals surface area contributed by atoms with Crippen LogP contribution < -0.4 is 5.32 Å². The summed E-state index contributed by atoms with van der Waals surface area (Å²) in [5.74, 6) is -1.53. The molecule has 1 amide bonds. The molecule has 1 aromatic rings. The number of halogens is 1. The van der Waals surface area contributed by atoms with Crippen LogP contribution in [0.4, 0.5) is 10.1 Å². The fourth-order valence-corrected chi connectivity index (χ4v) is 1.57. The Morgan fingerprint density at radius 2 is 2.16 bits per heavy atom. The van der Waals surface area contributed by atoms with E-state index in [9.17, 15) is 19.3 Å². The van der Waals surface area contributed by atoms with E-state index in [0.29, 0.717) is 0 Å². The number of nitrogens with zero attached hydrogens (tertiary/aromatic N) is 1. The van der Waals surface area contributed by atoms with Gasteiger partial charge in [0.15, 0.2) is 0 Å². The lowest BCUT2D eigenvalue weighted by atomic mass is 10.1. The van der Waals surface area contributed by atoms with Gasteiger partial charge in [-0.3, -0.25) is 14.9 Å². The summed E-state index contributed by atoms with van der Waals surface area (Å²) in [6.07, 6.45) is 0. The Balaban J connectivity index is 2.99. The fourth-order valence-electron chi connectivity index (χ4n) is 1.57. The van der Waals surface area contributed by atoms with Crippen LogP contribution in [0, 0.1) is 15.9 Å². The molecule has 0 atom stereocenters. The molecule has 0 aliphatic heterocycles. The number of amides is 1. The first-order chi connectivity index (χ1) is 8.76.